The Morgan fingerprint density at radius 1 is 1.14 bits per heavy atom. The van der Waals surface area contributed by atoms with Gasteiger partial charge in [0.05, 0.1) is 25.1 Å². The third kappa shape index (κ3) is 4.48. The molecule has 0 aromatic heterocycles. The van der Waals surface area contributed by atoms with Gasteiger partial charge in [0.25, 0.3) is 0 Å². The third-order valence-corrected chi connectivity index (χ3v) is 3.50. The van der Waals surface area contributed by atoms with Gasteiger partial charge in [0.1, 0.15) is 17.6 Å². The molecule has 0 unspecified atom stereocenters. The van der Waals surface area contributed by atoms with E-state index in [2.05, 4.69) is 36.6 Å². The summed E-state index contributed by atoms with van der Waals surface area (Å²) in [6.07, 6.45) is 1.08. The number of benzene rings is 1. The molecule has 0 amide bonds. The van der Waals surface area contributed by atoms with Crippen LogP contribution in [0.1, 0.15) is 19.7 Å². The van der Waals surface area contributed by atoms with Crippen molar-refractivity contribution in [2.75, 3.05) is 21.3 Å². The SMILES string of the molecule is COC=C(Oc1cccc(C(Br)Br)c1C(=O)OC)C(=O)OC. The first-order chi connectivity index (χ1) is 10.5. The van der Waals surface area contributed by atoms with Gasteiger partial charge in [-0.2, -0.15) is 0 Å². The average Bonchev–Trinajstić information content (AvgIpc) is 2.52. The van der Waals surface area contributed by atoms with Crippen molar-refractivity contribution in [3.05, 3.63) is 41.3 Å². The van der Waals surface area contributed by atoms with Crippen LogP contribution in [0.25, 0.3) is 0 Å². The lowest BCUT2D eigenvalue weighted by atomic mass is 10.1. The van der Waals surface area contributed by atoms with Gasteiger partial charge in [0.2, 0.25) is 5.76 Å². The molecule has 0 bridgehead atoms. The fourth-order valence-electron chi connectivity index (χ4n) is 1.58. The van der Waals surface area contributed by atoms with Crippen LogP contribution in [0.5, 0.6) is 5.75 Å². The molecule has 22 heavy (non-hydrogen) atoms. The highest BCUT2D eigenvalue weighted by Gasteiger charge is 2.24. The smallest absolute Gasteiger partial charge is 0.377 e. The summed E-state index contributed by atoms with van der Waals surface area (Å²) in [4.78, 5) is 23.7. The standard InChI is InChI=1S/C14H14Br2O6/c1-19-7-10(13(17)20-2)22-9-6-4-5-8(12(15)16)11(9)14(18)21-3/h4-7,12H,1-3H3. The molecule has 8 heteroatoms. The lowest BCUT2D eigenvalue weighted by Gasteiger charge is -2.15. The fraction of sp³-hybridized carbons (Fsp3) is 0.286. The maximum atomic E-state index is 12.0. The average molecular weight is 438 g/mol. The summed E-state index contributed by atoms with van der Waals surface area (Å²) in [5.74, 6) is -1.40. The number of carbonyl (C=O) groups is 2. The van der Waals surface area contributed by atoms with Gasteiger partial charge in [0.15, 0.2) is 0 Å². The van der Waals surface area contributed by atoms with Crippen molar-refractivity contribution in [2.24, 2.45) is 0 Å². The minimum atomic E-state index is -0.739. The van der Waals surface area contributed by atoms with Gasteiger partial charge in [-0.05, 0) is 11.6 Å². The number of carbonyl (C=O) groups excluding carboxylic acids is 2. The summed E-state index contributed by atoms with van der Waals surface area (Å²) in [6.45, 7) is 0. The molecule has 1 rings (SSSR count). The van der Waals surface area contributed by atoms with Crippen LogP contribution in [0.2, 0.25) is 0 Å². The van der Waals surface area contributed by atoms with Gasteiger partial charge < -0.3 is 18.9 Å². The van der Waals surface area contributed by atoms with Gasteiger partial charge >= 0.3 is 11.9 Å². The monoisotopic (exact) mass is 436 g/mol. The van der Waals surface area contributed by atoms with Crippen LogP contribution in [-0.2, 0) is 19.0 Å². The predicted molar refractivity (Wildman–Crippen MR) is 86.1 cm³/mol. The van der Waals surface area contributed by atoms with E-state index in [1.807, 2.05) is 0 Å². The highest BCUT2D eigenvalue weighted by molar-refractivity contribution is 9.24. The van der Waals surface area contributed by atoms with Crippen molar-refractivity contribution in [2.45, 2.75) is 3.74 Å². The van der Waals surface area contributed by atoms with E-state index in [1.165, 1.54) is 27.4 Å². The summed E-state index contributed by atoms with van der Waals surface area (Å²) in [5, 5.41) is 0. The molecular weight excluding hydrogens is 424 g/mol. The lowest BCUT2D eigenvalue weighted by Crippen LogP contribution is -2.14. The molecule has 0 N–H and O–H groups in total. The van der Waals surface area contributed by atoms with E-state index in [-0.39, 0.29) is 20.8 Å². The predicted octanol–water partition coefficient (Wildman–Crippen LogP) is 3.30. The minimum absolute atomic E-state index is 0.141. The summed E-state index contributed by atoms with van der Waals surface area (Å²) < 4.78 is 19.3. The van der Waals surface area contributed by atoms with E-state index in [1.54, 1.807) is 12.1 Å². The fourth-order valence-corrected chi connectivity index (χ4v) is 2.34. The topological polar surface area (TPSA) is 71.1 Å². The summed E-state index contributed by atoms with van der Waals surface area (Å²) in [6, 6.07) is 4.92. The molecule has 0 atom stereocenters. The van der Waals surface area contributed by atoms with Gasteiger partial charge in [0, 0.05) is 0 Å². The first-order valence-electron chi connectivity index (χ1n) is 5.94. The van der Waals surface area contributed by atoms with Crippen LogP contribution >= 0.6 is 31.9 Å². The van der Waals surface area contributed by atoms with E-state index in [4.69, 9.17) is 14.2 Å². The molecule has 0 aliphatic carbocycles. The van der Waals surface area contributed by atoms with Gasteiger partial charge in [-0.3, -0.25) is 0 Å². The van der Waals surface area contributed by atoms with Crippen LogP contribution in [0.4, 0.5) is 0 Å². The van der Waals surface area contributed by atoms with E-state index in [9.17, 15) is 9.59 Å². The van der Waals surface area contributed by atoms with E-state index in [0.29, 0.717) is 5.56 Å². The Labute approximate surface area is 144 Å². The van der Waals surface area contributed by atoms with Crippen molar-refractivity contribution in [1.29, 1.82) is 0 Å². The van der Waals surface area contributed by atoms with Crippen molar-refractivity contribution in [3.63, 3.8) is 0 Å². The number of methoxy groups -OCH3 is 3. The third-order valence-electron chi connectivity index (χ3n) is 2.51. The van der Waals surface area contributed by atoms with E-state index in [0.717, 1.165) is 6.26 Å². The summed E-state index contributed by atoms with van der Waals surface area (Å²) >= 11 is 6.65. The number of ether oxygens (including phenoxy) is 4. The highest BCUT2D eigenvalue weighted by atomic mass is 79.9. The van der Waals surface area contributed by atoms with E-state index >= 15 is 0 Å². The largest absolute Gasteiger partial charge is 0.500 e. The Kier molecular flexibility index (Phi) is 7.40. The van der Waals surface area contributed by atoms with Crippen LogP contribution in [0.15, 0.2) is 30.2 Å². The molecule has 1 aromatic rings. The number of hydrogen-bond donors (Lipinski definition) is 0. The summed E-state index contributed by atoms with van der Waals surface area (Å²) in [5.41, 5.74) is 0.764. The van der Waals surface area contributed by atoms with Gasteiger partial charge in [-0.1, -0.05) is 44.0 Å². The molecule has 0 fully saturated rings. The number of esters is 2. The molecule has 120 valence electrons. The molecule has 6 nitrogen and oxygen atoms in total. The van der Waals surface area contributed by atoms with Crippen LogP contribution in [-0.4, -0.2) is 33.3 Å². The van der Waals surface area contributed by atoms with Crippen LogP contribution in [0, 0.1) is 0 Å². The van der Waals surface area contributed by atoms with Crippen molar-refractivity contribution in [1.82, 2.24) is 0 Å². The Balaban J connectivity index is 3.34. The second-order valence-electron chi connectivity index (χ2n) is 3.82. The zero-order valence-electron chi connectivity index (χ0n) is 12.1. The maximum absolute atomic E-state index is 12.0. The number of halogens is 2. The zero-order valence-corrected chi connectivity index (χ0v) is 15.3. The number of hydrogen-bond acceptors (Lipinski definition) is 6. The molecule has 0 saturated heterocycles. The second kappa shape index (κ2) is 8.79. The second-order valence-corrected chi connectivity index (χ2v) is 6.88. The maximum Gasteiger partial charge on any atom is 0.377 e. The molecule has 0 radical (unpaired) electrons. The van der Waals surface area contributed by atoms with Crippen LogP contribution in [0.3, 0.4) is 0 Å². The molecule has 0 saturated carbocycles. The first-order valence-corrected chi connectivity index (χ1v) is 7.77. The molecule has 0 aliphatic rings. The minimum Gasteiger partial charge on any atom is -0.500 e. The first kappa shape index (κ1) is 18.5. The molecule has 0 spiro atoms. The quantitative estimate of drug-likeness (QED) is 0.294. The highest BCUT2D eigenvalue weighted by Crippen LogP contribution is 2.36. The molecule has 0 aliphatic heterocycles. The lowest BCUT2D eigenvalue weighted by molar-refractivity contribution is -0.138. The van der Waals surface area contributed by atoms with Gasteiger partial charge in [-0.15, -0.1) is 0 Å². The Morgan fingerprint density at radius 3 is 2.32 bits per heavy atom. The van der Waals surface area contributed by atoms with Crippen LogP contribution < -0.4 is 4.74 Å². The normalized spacial score (nSPS) is 11.1. The Bertz CT molecular complexity index is 583. The number of alkyl halides is 2. The van der Waals surface area contributed by atoms with E-state index < -0.39 is 11.9 Å². The number of rotatable bonds is 6. The zero-order chi connectivity index (χ0) is 16.7. The van der Waals surface area contributed by atoms with Crippen molar-refractivity contribution < 1.29 is 28.5 Å². The molecular formula is C14H14Br2O6. The Hall–Kier alpha value is -1.54. The van der Waals surface area contributed by atoms with Gasteiger partial charge in [-0.25, -0.2) is 9.59 Å². The Morgan fingerprint density at radius 2 is 1.82 bits per heavy atom. The summed E-state index contributed by atoms with van der Waals surface area (Å²) in [7, 11) is 3.82. The molecule has 1 aromatic carbocycles. The van der Waals surface area contributed by atoms with Crippen molar-refractivity contribution in [3.8, 4) is 5.75 Å². The van der Waals surface area contributed by atoms with Crippen molar-refractivity contribution >= 4 is 43.8 Å². The molecule has 0 heterocycles.